The van der Waals surface area contributed by atoms with Crippen molar-refractivity contribution in [1.82, 2.24) is 4.98 Å². The molecular formula is C12H11BrClN. The van der Waals surface area contributed by atoms with E-state index in [-0.39, 0.29) is 0 Å². The average Bonchev–Trinajstić information content (AvgIpc) is 2.23. The van der Waals surface area contributed by atoms with Crippen LogP contribution in [0.5, 0.6) is 0 Å². The number of hydrogen-bond donors (Lipinski definition) is 0. The second-order valence-corrected chi connectivity index (χ2v) is 4.74. The maximum Gasteiger partial charge on any atom is 0.0864 e. The van der Waals surface area contributed by atoms with E-state index < -0.39 is 0 Å². The van der Waals surface area contributed by atoms with Gasteiger partial charge in [0.05, 0.1) is 10.5 Å². The Morgan fingerprint density at radius 2 is 2.13 bits per heavy atom. The van der Waals surface area contributed by atoms with E-state index in [1.165, 1.54) is 5.56 Å². The number of pyridine rings is 1. The first-order valence-electron chi connectivity index (χ1n) is 4.87. The lowest BCUT2D eigenvalue weighted by atomic mass is 10.1. The molecule has 0 atom stereocenters. The van der Waals surface area contributed by atoms with Crippen LogP contribution in [0.1, 0.15) is 18.2 Å². The summed E-state index contributed by atoms with van der Waals surface area (Å²) in [6.45, 7) is 4.13. The molecule has 0 aliphatic rings. The summed E-state index contributed by atoms with van der Waals surface area (Å²) in [4.78, 5) is 4.58. The van der Waals surface area contributed by atoms with Gasteiger partial charge in [-0.15, -0.1) is 0 Å². The summed E-state index contributed by atoms with van der Waals surface area (Å²) in [7, 11) is 0. The van der Waals surface area contributed by atoms with Crippen molar-refractivity contribution in [2.45, 2.75) is 20.3 Å². The Balaban J connectivity index is 2.86. The van der Waals surface area contributed by atoms with Gasteiger partial charge in [0.2, 0.25) is 0 Å². The lowest BCUT2D eigenvalue weighted by Gasteiger charge is -2.07. The third kappa shape index (κ3) is 1.88. The standard InChI is InChI=1S/C12H11BrClN/c1-3-8-6-10(14)9-5-4-7(2)11(13)12(9)15-8/h4-6H,3H2,1-2H3. The fourth-order valence-corrected chi connectivity index (χ4v) is 2.26. The first-order chi connectivity index (χ1) is 7.13. The predicted molar refractivity (Wildman–Crippen MR) is 68.6 cm³/mol. The summed E-state index contributed by atoms with van der Waals surface area (Å²) in [6, 6.07) is 6.00. The van der Waals surface area contributed by atoms with Gasteiger partial charge in [-0.1, -0.05) is 30.7 Å². The lowest BCUT2D eigenvalue weighted by molar-refractivity contribution is 1.05. The molecule has 1 aromatic carbocycles. The maximum atomic E-state index is 6.20. The van der Waals surface area contributed by atoms with Crippen molar-refractivity contribution in [3.8, 4) is 0 Å². The third-order valence-electron chi connectivity index (χ3n) is 2.48. The quantitative estimate of drug-likeness (QED) is 0.750. The van der Waals surface area contributed by atoms with Gasteiger partial charge in [0.25, 0.3) is 0 Å². The molecule has 0 saturated carbocycles. The van der Waals surface area contributed by atoms with E-state index in [2.05, 4.69) is 34.8 Å². The molecule has 3 heteroatoms. The topological polar surface area (TPSA) is 12.9 Å². The Morgan fingerprint density at radius 1 is 1.40 bits per heavy atom. The van der Waals surface area contributed by atoms with Crippen molar-refractivity contribution < 1.29 is 0 Å². The molecule has 1 nitrogen and oxygen atoms in total. The normalized spacial score (nSPS) is 10.9. The van der Waals surface area contributed by atoms with E-state index in [0.29, 0.717) is 0 Å². The molecule has 0 amide bonds. The van der Waals surface area contributed by atoms with Crippen LogP contribution < -0.4 is 0 Å². The number of fused-ring (bicyclic) bond motifs is 1. The number of aryl methyl sites for hydroxylation is 2. The number of benzene rings is 1. The molecule has 1 aromatic heterocycles. The molecule has 0 N–H and O–H groups in total. The Kier molecular flexibility index (Phi) is 2.98. The van der Waals surface area contributed by atoms with Crippen LogP contribution in [0.4, 0.5) is 0 Å². The van der Waals surface area contributed by atoms with Crippen LogP contribution in [0.3, 0.4) is 0 Å². The van der Waals surface area contributed by atoms with Crippen LogP contribution in [-0.4, -0.2) is 4.98 Å². The summed E-state index contributed by atoms with van der Waals surface area (Å²) in [5, 5.41) is 1.78. The molecule has 15 heavy (non-hydrogen) atoms. The first kappa shape index (κ1) is 10.9. The lowest BCUT2D eigenvalue weighted by Crippen LogP contribution is -1.91. The summed E-state index contributed by atoms with van der Waals surface area (Å²) < 4.78 is 1.04. The fraction of sp³-hybridized carbons (Fsp3) is 0.250. The summed E-state index contributed by atoms with van der Waals surface area (Å²) >= 11 is 9.76. The van der Waals surface area contributed by atoms with Crippen LogP contribution >= 0.6 is 27.5 Å². The van der Waals surface area contributed by atoms with Crippen molar-refractivity contribution in [3.05, 3.63) is 39.0 Å². The van der Waals surface area contributed by atoms with E-state index in [1.54, 1.807) is 0 Å². The molecule has 0 bridgehead atoms. The molecule has 1 heterocycles. The highest BCUT2D eigenvalue weighted by Gasteiger charge is 2.07. The molecular weight excluding hydrogens is 273 g/mol. The van der Waals surface area contributed by atoms with Crippen LogP contribution in [0.2, 0.25) is 5.02 Å². The molecule has 0 radical (unpaired) electrons. The van der Waals surface area contributed by atoms with E-state index in [4.69, 9.17) is 11.6 Å². The number of rotatable bonds is 1. The monoisotopic (exact) mass is 283 g/mol. The highest BCUT2D eigenvalue weighted by molar-refractivity contribution is 9.10. The summed E-state index contributed by atoms with van der Waals surface area (Å²) in [5.74, 6) is 0. The minimum absolute atomic E-state index is 0.776. The van der Waals surface area contributed by atoms with Gasteiger partial charge in [0.15, 0.2) is 0 Å². The minimum atomic E-state index is 0.776. The zero-order chi connectivity index (χ0) is 11.0. The Hall–Kier alpha value is -0.600. The largest absolute Gasteiger partial charge is 0.252 e. The molecule has 0 aliphatic carbocycles. The molecule has 2 aromatic rings. The van der Waals surface area contributed by atoms with Crippen molar-refractivity contribution in [3.63, 3.8) is 0 Å². The van der Waals surface area contributed by atoms with Gasteiger partial charge in [-0.05, 0) is 40.9 Å². The first-order valence-corrected chi connectivity index (χ1v) is 6.04. The molecule has 0 aliphatic heterocycles. The van der Waals surface area contributed by atoms with E-state index >= 15 is 0 Å². The van der Waals surface area contributed by atoms with Crippen LogP contribution in [-0.2, 0) is 6.42 Å². The van der Waals surface area contributed by atoms with Crippen molar-refractivity contribution in [1.29, 1.82) is 0 Å². The number of aromatic nitrogens is 1. The smallest absolute Gasteiger partial charge is 0.0864 e. The van der Waals surface area contributed by atoms with Gasteiger partial charge in [0, 0.05) is 15.6 Å². The van der Waals surface area contributed by atoms with Gasteiger partial charge >= 0.3 is 0 Å². The third-order valence-corrected chi connectivity index (χ3v) is 3.79. The van der Waals surface area contributed by atoms with Gasteiger partial charge in [0.1, 0.15) is 0 Å². The highest BCUT2D eigenvalue weighted by Crippen LogP contribution is 2.30. The van der Waals surface area contributed by atoms with E-state index in [9.17, 15) is 0 Å². The minimum Gasteiger partial charge on any atom is -0.252 e. The van der Waals surface area contributed by atoms with Crippen molar-refractivity contribution >= 4 is 38.4 Å². The van der Waals surface area contributed by atoms with Crippen LogP contribution in [0, 0.1) is 6.92 Å². The van der Waals surface area contributed by atoms with Gasteiger partial charge in [-0.3, -0.25) is 4.98 Å². The van der Waals surface area contributed by atoms with E-state index in [1.807, 2.05) is 18.2 Å². The number of halogens is 2. The molecule has 78 valence electrons. The second kappa shape index (κ2) is 4.11. The van der Waals surface area contributed by atoms with Gasteiger partial charge < -0.3 is 0 Å². The van der Waals surface area contributed by atoms with Crippen molar-refractivity contribution in [2.24, 2.45) is 0 Å². The van der Waals surface area contributed by atoms with Gasteiger partial charge in [-0.25, -0.2) is 0 Å². The van der Waals surface area contributed by atoms with E-state index in [0.717, 1.165) is 32.5 Å². The molecule has 0 unspecified atom stereocenters. The predicted octanol–water partition coefficient (Wildman–Crippen LogP) is 4.52. The Bertz CT molecular complexity index is 523. The Labute approximate surface area is 103 Å². The van der Waals surface area contributed by atoms with Crippen LogP contribution in [0.15, 0.2) is 22.7 Å². The molecule has 0 spiro atoms. The summed E-state index contributed by atoms with van der Waals surface area (Å²) in [5.41, 5.74) is 3.16. The summed E-state index contributed by atoms with van der Waals surface area (Å²) in [6.07, 6.45) is 0.899. The average molecular weight is 285 g/mol. The zero-order valence-electron chi connectivity index (χ0n) is 8.64. The molecule has 2 rings (SSSR count). The molecule has 0 fully saturated rings. The van der Waals surface area contributed by atoms with Crippen LogP contribution in [0.25, 0.3) is 10.9 Å². The van der Waals surface area contributed by atoms with Gasteiger partial charge in [-0.2, -0.15) is 0 Å². The Morgan fingerprint density at radius 3 is 2.80 bits per heavy atom. The highest BCUT2D eigenvalue weighted by atomic mass is 79.9. The SMILES string of the molecule is CCc1cc(Cl)c2ccc(C)c(Br)c2n1. The maximum absolute atomic E-state index is 6.20. The fourth-order valence-electron chi connectivity index (χ4n) is 1.55. The number of hydrogen-bond acceptors (Lipinski definition) is 1. The second-order valence-electron chi connectivity index (χ2n) is 3.54. The van der Waals surface area contributed by atoms with Crippen molar-refractivity contribution in [2.75, 3.05) is 0 Å². The zero-order valence-corrected chi connectivity index (χ0v) is 11.0. The molecule has 0 saturated heterocycles. The number of nitrogens with zero attached hydrogens (tertiary/aromatic N) is 1.